The molecule has 1 heterocycles. The third kappa shape index (κ3) is 3.32. The molecule has 1 saturated heterocycles. The monoisotopic (exact) mass is 346 g/mol. The van der Waals surface area contributed by atoms with Crippen molar-refractivity contribution < 1.29 is 15.0 Å². The molecule has 1 fully saturated rings. The van der Waals surface area contributed by atoms with Gasteiger partial charge in [0.15, 0.2) is 11.5 Å². The van der Waals surface area contributed by atoms with Gasteiger partial charge in [-0.3, -0.25) is 9.69 Å². The first-order valence-corrected chi connectivity index (χ1v) is 8.12. The van der Waals surface area contributed by atoms with Gasteiger partial charge in [0.1, 0.15) is 0 Å². The summed E-state index contributed by atoms with van der Waals surface area (Å²) in [6.07, 6.45) is 0.833. The fourth-order valence-corrected chi connectivity index (χ4v) is 3.29. The molecular weight excluding hydrogens is 328 g/mol. The number of nitrogens with zero attached hydrogens (tertiary/aromatic N) is 1. The van der Waals surface area contributed by atoms with Crippen molar-refractivity contribution in [2.24, 2.45) is 0 Å². The van der Waals surface area contributed by atoms with E-state index in [4.69, 9.17) is 11.6 Å². The van der Waals surface area contributed by atoms with Crippen molar-refractivity contribution in [1.82, 2.24) is 10.2 Å². The second-order valence-electron chi connectivity index (χ2n) is 6.05. The number of hydrogen-bond acceptors (Lipinski definition) is 4. The summed E-state index contributed by atoms with van der Waals surface area (Å²) in [5, 5.41) is 22.6. The molecule has 6 heteroatoms. The zero-order chi connectivity index (χ0) is 17.3. The zero-order valence-electron chi connectivity index (χ0n) is 13.2. The molecule has 0 radical (unpaired) electrons. The van der Waals surface area contributed by atoms with Gasteiger partial charge in [0, 0.05) is 17.1 Å². The van der Waals surface area contributed by atoms with Crippen LogP contribution in [0.4, 0.5) is 0 Å². The molecule has 2 aromatic carbocycles. The first-order chi connectivity index (χ1) is 11.5. The molecule has 5 nitrogen and oxygen atoms in total. The minimum absolute atomic E-state index is 0.0420. The van der Waals surface area contributed by atoms with Crippen LogP contribution >= 0.6 is 11.6 Å². The molecule has 1 amide bonds. The fourth-order valence-electron chi connectivity index (χ4n) is 3.16. The number of benzene rings is 2. The maximum atomic E-state index is 12.5. The van der Waals surface area contributed by atoms with Crippen molar-refractivity contribution in [2.75, 3.05) is 13.6 Å². The van der Waals surface area contributed by atoms with Gasteiger partial charge >= 0.3 is 0 Å². The largest absolute Gasteiger partial charge is 0.504 e. The Balaban J connectivity index is 1.78. The predicted octanol–water partition coefficient (Wildman–Crippen LogP) is 2.93. The molecule has 1 aliphatic heterocycles. The highest BCUT2D eigenvalue weighted by atomic mass is 35.5. The number of carbonyl (C=O) groups is 1. The van der Waals surface area contributed by atoms with E-state index in [0.717, 1.165) is 18.5 Å². The summed E-state index contributed by atoms with van der Waals surface area (Å²) in [6.45, 7) is 0.874. The Morgan fingerprint density at radius 2 is 1.88 bits per heavy atom. The van der Waals surface area contributed by atoms with Crippen LogP contribution in [0, 0.1) is 0 Å². The predicted molar refractivity (Wildman–Crippen MR) is 92.5 cm³/mol. The first-order valence-electron chi connectivity index (χ1n) is 7.74. The number of carbonyl (C=O) groups excluding carboxylic acids is 1. The number of likely N-dealkylation sites (N-methyl/N-ethyl adjacent to an activating group) is 1. The van der Waals surface area contributed by atoms with Gasteiger partial charge in [-0.25, -0.2) is 0 Å². The van der Waals surface area contributed by atoms with Crippen LogP contribution < -0.4 is 5.32 Å². The average molecular weight is 347 g/mol. The van der Waals surface area contributed by atoms with Gasteiger partial charge in [-0.2, -0.15) is 0 Å². The van der Waals surface area contributed by atoms with Crippen LogP contribution in [-0.4, -0.2) is 40.7 Å². The molecule has 2 atom stereocenters. The Bertz CT molecular complexity index is 748. The summed E-state index contributed by atoms with van der Waals surface area (Å²) in [4.78, 5) is 14.7. The molecule has 0 aromatic heterocycles. The molecule has 24 heavy (non-hydrogen) atoms. The lowest BCUT2D eigenvalue weighted by Crippen LogP contribution is -2.38. The molecule has 3 N–H and O–H groups in total. The van der Waals surface area contributed by atoms with E-state index in [1.165, 1.54) is 18.2 Å². The number of amides is 1. The van der Waals surface area contributed by atoms with E-state index < -0.39 is 0 Å². The molecule has 0 saturated carbocycles. The highest BCUT2D eigenvalue weighted by Gasteiger charge is 2.34. The topological polar surface area (TPSA) is 72.8 Å². The third-order valence-electron chi connectivity index (χ3n) is 4.41. The van der Waals surface area contributed by atoms with E-state index >= 15 is 0 Å². The standard InChI is InChI=1S/C18H19ClN2O3/c1-21-9-8-14(17(21)11-2-5-13(19)6-3-11)20-18(24)12-4-7-15(22)16(23)10-12/h2-7,10,14,17,22-23H,8-9H2,1H3,(H,20,24). The fraction of sp³-hybridized carbons (Fsp3) is 0.278. The minimum atomic E-state index is -0.305. The highest BCUT2D eigenvalue weighted by molar-refractivity contribution is 6.30. The summed E-state index contributed by atoms with van der Waals surface area (Å²) >= 11 is 5.96. The van der Waals surface area contributed by atoms with Crippen LogP contribution in [-0.2, 0) is 0 Å². The van der Waals surface area contributed by atoms with Crippen molar-refractivity contribution in [3.05, 3.63) is 58.6 Å². The highest BCUT2D eigenvalue weighted by Crippen LogP contribution is 2.32. The minimum Gasteiger partial charge on any atom is -0.504 e. The normalized spacial score (nSPS) is 20.9. The van der Waals surface area contributed by atoms with Gasteiger partial charge in [0.25, 0.3) is 5.91 Å². The van der Waals surface area contributed by atoms with Crippen LogP contribution in [0.2, 0.25) is 5.02 Å². The number of hydrogen-bond donors (Lipinski definition) is 3. The Kier molecular flexibility index (Phi) is 4.64. The number of phenols is 2. The van der Waals surface area contributed by atoms with E-state index in [1.807, 2.05) is 31.3 Å². The summed E-state index contributed by atoms with van der Waals surface area (Å²) in [5.41, 5.74) is 1.41. The first kappa shape index (κ1) is 16.6. The lowest BCUT2D eigenvalue weighted by atomic mass is 10.00. The Labute approximate surface area is 145 Å². The molecule has 0 bridgehead atoms. The second-order valence-corrected chi connectivity index (χ2v) is 6.49. The number of phenolic OH excluding ortho intramolecular Hbond substituents is 2. The Morgan fingerprint density at radius 3 is 2.54 bits per heavy atom. The number of halogens is 1. The molecule has 126 valence electrons. The Morgan fingerprint density at radius 1 is 1.17 bits per heavy atom. The smallest absolute Gasteiger partial charge is 0.251 e. The summed E-state index contributed by atoms with van der Waals surface area (Å²) in [7, 11) is 2.03. The van der Waals surface area contributed by atoms with Crippen LogP contribution in [0.5, 0.6) is 11.5 Å². The SMILES string of the molecule is CN1CCC(NC(=O)c2ccc(O)c(O)c2)C1c1ccc(Cl)cc1. The van der Waals surface area contributed by atoms with Crippen LogP contribution in [0.3, 0.4) is 0 Å². The lowest BCUT2D eigenvalue weighted by molar-refractivity contribution is 0.0927. The van der Waals surface area contributed by atoms with Crippen molar-refractivity contribution in [2.45, 2.75) is 18.5 Å². The van der Waals surface area contributed by atoms with Gasteiger partial charge in [0.05, 0.1) is 12.1 Å². The molecule has 3 rings (SSSR count). The molecule has 1 aliphatic rings. The number of likely N-dealkylation sites (tertiary alicyclic amines) is 1. The van der Waals surface area contributed by atoms with E-state index in [1.54, 1.807) is 0 Å². The van der Waals surface area contributed by atoms with E-state index in [0.29, 0.717) is 10.6 Å². The van der Waals surface area contributed by atoms with Gasteiger partial charge < -0.3 is 15.5 Å². The van der Waals surface area contributed by atoms with E-state index in [9.17, 15) is 15.0 Å². The van der Waals surface area contributed by atoms with Crippen LogP contribution in [0.25, 0.3) is 0 Å². The number of nitrogens with one attached hydrogen (secondary N) is 1. The maximum Gasteiger partial charge on any atom is 0.251 e. The summed E-state index contributed by atoms with van der Waals surface area (Å²) < 4.78 is 0. The Hall–Kier alpha value is -2.24. The lowest BCUT2D eigenvalue weighted by Gasteiger charge is -2.26. The van der Waals surface area contributed by atoms with Crippen molar-refractivity contribution in [1.29, 1.82) is 0 Å². The number of aromatic hydroxyl groups is 2. The quantitative estimate of drug-likeness (QED) is 0.747. The van der Waals surface area contributed by atoms with Crippen molar-refractivity contribution in [3.8, 4) is 11.5 Å². The molecule has 0 spiro atoms. The molecule has 2 unspecified atom stereocenters. The van der Waals surface area contributed by atoms with Gasteiger partial charge in [0.2, 0.25) is 0 Å². The maximum absolute atomic E-state index is 12.5. The zero-order valence-corrected chi connectivity index (χ0v) is 14.0. The van der Waals surface area contributed by atoms with Crippen LogP contribution in [0.15, 0.2) is 42.5 Å². The second kappa shape index (κ2) is 6.71. The van der Waals surface area contributed by atoms with Crippen molar-refractivity contribution >= 4 is 17.5 Å². The van der Waals surface area contributed by atoms with Gasteiger partial charge in [-0.15, -0.1) is 0 Å². The van der Waals surface area contributed by atoms with Gasteiger partial charge in [-0.1, -0.05) is 23.7 Å². The van der Waals surface area contributed by atoms with E-state index in [2.05, 4.69) is 10.2 Å². The number of rotatable bonds is 3. The molecular formula is C18H19ClN2O3. The van der Waals surface area contributed by atoms with E-state index in [-0.39, 0.29) is 29.5 Å². The van der Waals surface area contributed by atoms with Gasteiger partial charge in [-0.05, 0) is 49.4 Å². The average Bonchev–Trinajstić information content (AvgIpc) is 2.91. The summed E-state index contributed by atoms with van der Waals surface area (Å²) in [5.74, 6) is -0.823. The van der Waals surface area contributed by atoms with Crippen LogP contribution in [0.1, 0.15) is 28.4 Å². The summed E-state index contributed by atoms with van der Waals surface area (Å²) in [6, 6.07) is 11.7. The third-order valence-corrected chi connectivity index (χ3v) is 4.67. The molecule has 2 aromatic rings. The van der Waals surface area contributed by atoms with Crippen molar-refractivity contribution in [3.63, 3.8) is 0 Å². The molecule has 0 aliphatic carbocycles.